The Morgan fingerprint density at radius 1 is 0.833 bits per heavy atom. The van der Waals surface area contributed by atoms with Gasteiger partial charge in [-0.25, -0.2) is 0 Å². The molecule has 0 N–H and O–H groups in total. The molecule has 0 aliphatic carbocycles. The third-order valence-electron chi connectivity index (χ3n) is 2.73. The molecule has 0 aromatic heterocycles. The van der Waals surface area contributed by atoms with Crippen molar-refractivity contribution < 1.29 is 9.78 Å². The Balaban J connectivity index is 0.00000289. The van der Waals surface area contributed by atoms with E-state index in [0.29, 0.717) is 6.61 Å². The summed E-state index contributed by atoms with van der Waals surface area (Å²) in [6.45, 7) is 2.93. The molecule has 0 aliphatic rings. The zero-order chi connectivity index (χ0) is 12.2. The number of hydrogen-bond donors (Lipinski definition) is 0. The van der Waals surface area contributed by atoms with Crippen LogP contribution in [0.5, 0.6) is 5.75 Å². The molecule has 1 rings (SSSR count). The first-order valence-corrected chi connectivity index (χ1v) is 6.78. The zero-order valence-electron chi connectivity index (χ0n) is 10.9. The van der Waals surface area contributed by atoms with E-state index in [0.717, 1.165) is 12.2 Å². The van der Waals surface area contributed by atoms with Crippen LogP contribution in [0.4, 0.5) is 0 Å². The molecule has 1 aromatic carbocycles. The van der Waals surface area contributed by atoms with Crippen molar-refractivity contribution in [1.82, 2.24) is 0 Å². The molecule has 98 valence electrons. The summed E-state index contributed by atoms with van der Waals surface area (Å²) in [6.07, 6.45) is 9.04. The summed E-state index contributed by atoms with van der Waals surface area (Å²) in [7, 11) is 0. The predicted molar refractivity (Wildman–Crippen MR) is 78.2 cm³/mol. The van der Waals surface area contributed by atoms with Crippen molar-refractivity contribution in [2.75, 3.05) is 6.61 Å². The maximum absolute atomic E-state index is 5.15. The number of unbranched alkanes of at least 4 members (excludes halogenated alkanes) is 6. The van der Waals surface area contributed by atoms with Crippen molar-refractivity contribution in [2.24, 2.45) is 0 Å². The topological polar surface area (TPSA) is 18.5 Å². The Bertz CT molecular complexity index is 264. The van der Waals surface area contributed by atoms with E-state index in [1.807, 2.05) is 30.3 Å². The molecule has 1 aromatic rings. The molecule has 0 amide bonds. The van der Waals surface area contributed by atoms with E-state index in [2.05, 4.69) is 6.92 Å². The fourth-order valence-electron chi connectivity index (χ4n) is 1.70. The summed E-state index contributed by atoms with van der Waals surface area (Å²) in [4.78, 5) is 10.3. The van der Waals surface area contributed by atoms with Crippen molar-refractivity contribution in [2.45, 2.75) is 51.9 Å². The number of benzene rings is 1. The average molecular weight is 260 g/mol. The molecule has 0 bridgehead atoms. The summed E-state index contributed by atoms with van der Waals surface area (Å²) in [5.41, 5.74) is 0. The van der Waals surface area contributed by atoms with Gasteiger partial charge in [-0.1, -0.05) is 63.6 Å². The summed E-state index contributed by atoms with van der Waals surface area (Å²) in [5.74, 6) is 0.774. The minimum atomic E-state index is 0. The summed E-state index contributed by atoms with van der Waals surface area (Å²) in [6, 6.07) is 9.62. The van der Waals surface area contributed by atoms with E-state index in [1.54, 1.807) is 0 Å². The van der Waals surface area contributed by atoms with Crippen LogP contribution in [-0.2, 0) is 4.89 Å². The van der Waals surface area contributed by atoms with Gasteiger partial charge in [-0.05, 0) is 18.6 Å². The van der Waals surface area contributed by atoms with Gasteiger partial charge in [0.15, 0.2) is 5.75 Å². The molecule has 0 heterocycles. The van der Waals surface area contributed by atoms with Gasteiger partial charge in [0.05, 0.1) is 6.61 Å². The third kappa shape index (κ3) is 9.95. The molecular weight excluding hydrogens is 235 g/mol. The average Bonchev–Trinajstić information content (AvgIpc) is 2.38. The van der Waals surface area contributed by atoms with Gasteiger partial charge in [-0.15, -0.1) is 0 Å². The third-order valence-corrected chi connectivity index (χ3v) is 2.73. The van der Waals surface area contributed by atoms with Crippen LogP contribution in [0.15, 0.2) is 30.3 Å². The van der Waals surface area contributed by atoms with Crippen molar-refractivity contribution in [3.05, 3.63) is 30.3 Å². The van der Waals surface area contributed by atoms with E-state index < -0.39 is 0 Å². The van der Waals surface area contributed by atoms with Gasteiger partial charge in [-0.2, -0.15) is 4.89 Å². The molecule has 0 spiro atoms. The molecule has 0 atom stereocenters. The van der Waals surface area contributed by atoms with Crippen molar-refractivity contribution >= 4 is 29.6 Å². The fourth-order valence-corrected chi connectivity index (χ4v) is 1.70. The van der Waals surface area contributed by atoms with E-state index in [1.165, 1.54) is 38.5 Å². The second-order valence-corrected chi connectivity index (χ2v) is 4.34. The van der Waals surface area contributed by atoms with Gasteiger partial charge in [0, 0.05) is 0 Å². The van der Waals surface area contributed by atoms with E-state index in [4.69, 9.17) is 9.78 Å². The Morgan fingerprint density at radius 3 is 2.11 bits per heavy atom. The maximum atomic E-state index is 5.15. The molecule has 0 aliphatic heterocycles. The van der Waals surface area contributed by atoms with Gasteiger partial charge >= 0.3 is 29.6 Å². The molecule has 3 heteroatoms. The predicted octanol–water partition coefficient (Wildman–Crippen LogP) is 4.10. The Morgan fingerprint density at radius 2 is 1.44 bits per heavy atom. The van der Waals surface area contributed by atoms with Crippen molar-refractivity contribution in [3.8, 4) is 5.75 Å². The van der Waals surface area contributed by atoms with E-state index >= 15 is 0 Å². The molecular formula is C15H25NaO2. The van der Waals surface area contributed by atoms with Gasteiger partial charge in [0.1, 0.15) is 0 Å². The summed E-state index contributed by atoms with van der Waals surface area (Å²) in [5, 5.41) is 0. The van der Waals surface area contributed by atoms with Crippen molar-refractivity contribution in [3.63, 3.8) is 0 Å². The standard InChI is InChI=1S/C15H24O2.Na.H/c1-2-3-4-5-6-7-11-14-16-17-15-12-9-8-10-13-15;;/h8-10,12-13H,2-7,11,14H2,1H3;;. The zero-order valence-corrected chi connectivity index (χ0v) is 10.9. The van der Waals surface area contributed by atoms with Gasteiger partial charge in [-0.3, -0.25) is 0 Å². The number of para-hydroxylation sites is 1. The molecule has 0 saturated carbocycles. The summed E-state index contributed by atoms with van der Waals surface area (Å²) < 4.78 is 0. The Hall–Kier alpha value is -0.0200. The second-order valence-electron chi connectivity index (χ2n) is 4.34. The first-order chi connectivity index (χ1) is 8.43. The van der Waals surface area contributed by atoms with Crippen LogP contribution in [0, 0.1) is 0 Å². The quantitative estimate of drug-likeness (QED) is 0.273. The van der Waals surface area contributed by atoms with E-state index in [9.17, 15) is 0 Å². The molecule has 0 fully saturated rings. The first kappa shape index (κ1) is 18.0. The molecule has 18 heavy (non-hydrogen) atoms. The molecule has 0 radical (unpaired) electrons. The molecule has 2 nitrogen and oxygen atoms in total. The second kappa shape index (κ2) is 13.4. The van der Waals surface area contributed by atoms with Crippen LogP contribution in [0.25, 0.3) is 0 Å². The van der Waals surface area contributed by atoms with Crippen LogP contribution in [-0.4, -0.2) is 36.2 Å². The van der Waals surface area contributed by atoms with Crippen LogP contribution in [0.1, 0.15) is 51.9 Å². The fraction of sp³-hybridized carbons (Fsp3) is 0.600. The summed E-state index contributed by atoms with van der Waals surface area (Å²) >= 11 is 0. The Kier molecular flexibility index (Phi) is 13.4. The molecule has 0 saturated heterocycles. The van der Waals surface area contributed by atoms with Crippen LogP contribution in [0.2, 0.25) is 0 Å². The van der Waals surface area contributed by atoms with Crippen LogP contribution >= 0.6 is 0 Å². The first-order valence-electron chi connectivity index (χ1n) is 6.78. The van der Waals surface area contributed by atoms with Crippen LogP contribution < -0.4 is 4.89 Å². The Labute approximate surface area is 133 Å². The number of rotatable bonds is 10. The van der Waals surface area contributed by atoms with Crippen LogP contribution in [0.3, 0.4) is 0 Å². The SMILES string of the molecule is CCCCCCCCCOOc1ccccc1.[NaH]. The number of hydrogen-bond acceptors (Lipinski definition) is 2. The molecule has 0 unspecified atom stereocenters. The van der Waals surface area contributed by atoms with E-state index in [-0.39, 0.29) is 29.6 Å². The van der Waals surface area contributed by atoms with Gasteiger partial charge in [0.2, 0.25) is 0 Å². The monoisotopic (exact) mass is 260 g/mol. The van der Waals surface area contributed by atoms with Crippen molar-refractivity contribution in [1.29, 1.82) is 0 Å². The minimum absolute atomic E-state index is 0. The normalized spacial score (nSPS) is 9.83. The van der Waals surface area contributed by atoms with Gasteiger partial charge in [0.25, 0.3) is 0 Å². The van der Waals surface area contributed by atoms with Gasteiger partial charge < -0.3 is 4.89 Å².